The zero-order valence-electron chi connectivity index (χ0n) is 29.7. The fraction of sp³-hybridized carbons (Fsp3) is 0.463. The normalized spacial score (nSPS) is 14.3. The van der Waals surface area contributed by atoms with Gasteiger partial charge in [0.05, 0.1) is 11.5 Å². The molecule has 0 bridgehead atoms. The van der Waals surface area contributed by atoms with Crippen molar-refractivity contribution in [1.29, 1.82) is 0 Å². The van der Waals surface area contributed by atoms with Crippen LogP contribution >= 0.6 is 11.3 Å². The van der Waals surface area contributed by atoms with Crippen molar-refractivity contribution in [1.82, 2.24) is 20.2 Å². The molecule has 1 fully saturated rings. The molecule has 2 aromatic heterocycles. The maximum Gasteiger partial charge on any atom is 0.226 e. The Morgan fingerprint density at radius 2 is 1.57 bits per heavy atom. The Hall–Kier alpha value is -3.88. The average Bonchev–Trinajstić information content (AvgIpc) is 3.48. The van der Waals surface area contributed by atoms with Crippen molar-refractivity contribution < 1.29 is 14.3 Å². The summed E-state index contributed by atoms with van der Waals surface area (Å²) in [5.41, 5.74) is 3.89. The predicted octanol–water partition coefficient (Wildman–Crippen LogP) is 8.77. The van der Waals surface area contributed by atoms with Crippen molar-refractivity contribution in [2.75, 3.05) is 32.8 Å². The summed E-state index contributed by atoms with van der Waals surface area (Å²) in [6.07, 6.45) is 11.4. The maximum atomic E-state index is 13.9. The van der Waals surface area contributed by atoms with Crippen molar-refractivity contribution in [3.05, 3.63) is 88.4 Å². The third-order valence-corrected chi connectivity index (χ3v) is 10.7. The average molecular weight is 681 g/mol. The lowest BCUT2D eigenvalue weighted by Crippen LogP contribution is -2.40. The summed E-state index contributed by atoms with van der Waals surface area (Å²) in [6, 6.07) is 20.2. The van der Waals surface area contributed by atoms with Crippen LogP contribution in [0.25, 0.3) is 22.5 Å². The molecule has 260 valence electrons. The Balaban J connectivity index is 1.22. The second-order valence-electron chi connectivity index (χ2n) is 14.2. The van der Waals surface area contributed by atoms with Gasteiger partial charge in [-0.25, -0.2) is 9.97 Å². The number of Topliss-reactive ketones (excluding diaryl/α,β-unsaturated/α-hetero) is 1. The molecule has 0 spiro atoms. The highest BCUT2D eigenvalue weighted by Crippen LogP contribution is 2.31. The summed E-state index contributed by atoms with van der Waals surface area (Å²) in [5, 5.41) is 3.38. The summed E-state index contributed by atoms with van der Waals surface area (Å²) >= 11 is 1.55. The molecule has 1 N–H and O–H groups in total. The topological polar surface area (TPSA) is 84.4 Å². The van der Waals surface area contributed by atoms with Crippen LogP contribution in [0, 0.1) is 5.92 Å². The number of nitrogens with zero attached hydrogens (tertiary/aromatic N) is 3. The van der Waals surface area contributed by atoms with E-state index in [4.69, 9.17) is 4.74 Å². The molecule has 49 heavy (non-hydrogen) atoms. The Kier molecular flexibility index (Phi) is 13.1. The highest BCUT2D eigenvalue weighted by molar-refractivity contribution is 7.14. The number of carbonyl (C=O) groups is 2. The van der Waals surface area contributed by atoms with E-state index in [0.29, 0.717) is 25.3 Å². The summed E-state index contributed by atoms with van der Waals surface area (Å²) < 4.78 is 5.92. The molecule has 5 rings (SSSR count). The number of aromatic nitrogens is 2. The number of carbonyl (C=O) groups excluding carboxylic acids is 2. The van der Waals surface area contributed by atoms with Crippen LogP contribution in [0.2, 0.25) is 0 Å². The number of rotatable bonds is 15. The molecule has 1 saturated heterocycles. The third-order valence-electron chi connectivity index (χ3n) is 9.10. The lowest BCUT2D eigenvalue weighted by atomic mass is 9.91. The third kappa shape index (κ3) is 10.6. The molecule has 7 nitrogen and oxygen atoms in total. The monoisotopic (exact) mass is 680 g/mol. The van der Waals surface area contributed by atoms with Crippen LogP contribution in [0.15, 0.2) is 73.1 Å². The van der Waals surface area contributed by atoms with E-state index in [1.165, 1.54) is 30.6 Å². The van der Waals surface area contributed by atoms with Crippen molar-refractivity contribution in [2.24, 2.45) is 5.92 Å². The highest BCUT2D eigenvalue weighted by Gasteiger charge is 2.29. The van der Waals surface area contributed by atoms with Gasteiger partial charge in [-0.05, 0) is 66.6 Å². The minimum atomic E-state index is -0.422. The number of ketones is 1. The minimum absolute atomic E-state index is 0.0169. The number of thiophene rings is 1. The number of benzene rings is 2. The van der Waals surface area contributed by atoms with E-state index in [2.05, 4.69) is 43.0 Å². The van der Waals surface area contributed by atoms with Gasteiger partial charge in [-0.15, -0.1) is 11.3 Å². The van der Waals surface area contributed by atoms with E-state index in [-0.39, 0.29) is 23.5 Å². The number of hydrogen-bond donors (Lipinski definition) is 1. The van der Waals surface area contributed by atoms with Crippen molar-refractivity contribution in [2.45, 2.75) is 84.5 Å². The van der Waals surface area contributed by atoms with Gasteiger partial charge in [-0.3, -0.25) is 9.59 Å². The fourth-order valence-electron chi connectivity index (χ4n) is 6.13. The first-order chi connectivity index (χ1) is 23.7. The van der Waals surface area contributed by atoms with Crippen molar-refractivity contribution in [3.8, 4) is 28.3 Å². The van der Waals surface area contributed by atoms with E-state index in [0.717, 1.165) is 65.4 Å². The second-order valence-corrected chi connectivity index (χ2v) is 15.2. The van der Waals surface area contributed by atoms with E-state index in [9.17, 15) is 9.59 Å². The van der Waals surface area contributed by atoms with E-state index < -0.39 is 5.92 Å². The summed E-state index contributed by atoms with van der Waals surface area (Å²) in [7, 11) is 0. The smallest absolute Gasteiger partial charge is 0.226 e. The zero-order chi connectivity index (χ0) is 34.6. The van der Waals surface area contributed by atoms with Crippen molar-refractivity contribution >= 4 is 23.0 Å². The molecule has 2 aromatic carbocycles. The van der Waals surface area contributed by atoms with E-state index in [1.54, 1.807) is 11.3 Å². The zero-order valence-corrected chi connectivity index (χ0v) is 30.5. The lowest BCUT2D eigenvalue weighted by Gasteiger charge is -2.26. The predicted molar refractivity (Wildman–Crippen MR) is 200 cm³/mol. The Labute approximate surface area is 296 Å². The molecule has 1 aliphatic rings. The van der Waals surface area contributed by atoms with Gasteiger partial charge in [-0.1, -0.05) is 89.8 Å². The van der Waals surface area contributed by atoms with Gasteiger partial charge in [0.25, 0.3) is 0 Å². The van der Waals surface area contributed by atoms with Gasteiger partial charge in [-0.2, -0.15) is 0 Å². The van der Waals surface area contributed by atoms with Gasteiger partial charge < -0.3 is 15.0 Å². The molecule has 1 atom stereocenters. The van der Waals surface area contributed by atoms with Crippen LogP contribution in [0.4, 0.5) is 0 Å². The largest absolute Gasteiger partial charge is 0.494 e. The summed E-state index contributed by atoms with van der Waals surface area (Å²) in [4.78, 5) is 40.5. The van der Waals surface area contributed by atoms with Gasteiger partial charge in [0, 0.05) is 60.4 Å². The van der Waals surface area contributed by atoms with Crippen LogP contribution in [-0.4, -0.2) is 59.3 Å². The number of nitrogens with one attached hydrogen (secondary N) is 1. The molecule has 0 aliphatic carbocycles. The number of amides is 1. The molecule has 1 amide bonds. The maximum absolute atomic E-state index is 13.9. The quantitative estimate of drug-likeness (QED) is 0.0999. The van der Waals surface area contributed by atoms with Gasteiger partial charge in [0.15, 0.2) is 11.6 Å². The van der Waals surface area contributed by atoms with Gasteiger partial charge in [0.2, 0.25) is 5.91 Å². The number of hydrogen-bond acceptors (Lipinski definition) is 7. The molecule has 0 unspecified atom stereocenters. The first-order valence-corrected chi connectivity index (χ1v) is 18.8. The van der Waals surface area contributed by atoms with Gasteiger partial charge >= 0.3 is 0 Å². The van der Waals surface area contributed by atoms with Crippen LogP contribution in [0.1, 0.15) is 92.8 Å². The number of unbranched alkanes of at least 4 members (excludes halogenated alkanes) is 4. The molecular formula is C41H52N4O3S. The standard InChI is InChI=1S/C41H52N4O3S/c1-5-6-7-8-9-25-48-35-17-15-31(16-18-35)34-28-43-39(44-29-34)32-13-11-30(12-14-32)26-33(40(47)45-23-10-21-42-22-24-45)27-36(46)37-19-20-38(49-37)41(2,3)4/h11-20,28-29,33,42H,5-10,21-27H2,1-4H3/t33-/m1/s1. The van der Waals surface area contributed by atoms with Crippen LogP contribution < -0.4 is 10.1 Å². The minimum Gasteiger partial charge on any atom is -0.494 e. The van der Waals surface area contributed by atoms with Crippen molar-refractivity contribution in [3.63, 3.8) is 0 Å². The molecule has 4 aromatic rings. The molecule has 0 saturated carbocycles. The fourth-order valence-corrected chi connectivity index (χ4v) is 7.14. The van der Waals surface area contributed by atoms with Crippen LogP contribution in [0.5, 0.6) is 5.75 Å². The Bertz CT molecular complexity index is 1620. The van der Waals surface area contributed by atoms with E-state index in [1.807, 2.05) is 78.0 Å². The first-order valence-electron chi connectivity index (χ1n) is 18.0. The SMILES string of the molecule is CCCCCCCOc1ccc(-c2cnc(-c3ccc(C[C@H](CC(=O)c4ccc(C(C)(C)C)s4)C(=O)N4CCCNCC4)cc3)nc2)cc1. The molecule has 1 aliphatic heterocycles. The van der Waals surface area contributed by atoms with Crippen LogP contribution in [0.3, 0.4) is 0 Å². The molecule has 0 radical (unpaired) electrons. The second kappa shape index (κ2) is 17.7. The highest BCUT2D eigenvalue weighted by atomic mass is 32.1. The van der Waals surface area contributed by atoms with E-state index >= 15 is 0 Å². The summed E-state index contributed by atoms with van der Waals surface area (Å²) in [5.74, 6) is 1.21. The Morgan fingerprint density at radius 3 is 2.27 bits per heavy atom. The van der Waals surface area contributed by atoms with Crippen LogP contribution in [-0.2, 0) is 16.6 Å². The van der Waals surface area contributed by atoms with Gasteiger partial charge in [0.1, 0.15) is 5.75 Å². The summed E-state index contributed by atoms with van der Waals surface area (Å²) in [6.45, 7) is 12.5. The Morgan fingerprint density at radius 1 is 0.857 bits per heavy atom. The molecular weight excluding hydrogens is 629 g/mol. The first kappa shape index (κ1) is 36.4. The number of ether oxygens (including phenoxy) is 1. The lowest BCUT2D eigenvalue weighted by molar-refractivity contribution is -0.135. The molecule has 3 heterocycles. The molecule has 8 heteroatoms.